The first-order chi connectivity index (χ1) is 14.2. The van der Waals surface area contributed by atoms with E-state index in [4.69, 9.17) is 23.2 Å². The molecular formula is C21H17BrCl2N2O3S. The summed E-state index contributed by atoms with van der Waals surface area (Å²) in [5.41, 5.74) is 1.71. The van der Waals surface area contributed by atoms with Crippen LogP contribution in [0.25, 0.3) is 0 Å². The predicted molar refractivity (Wildman–Crippen MR) is 125 cm³/mol. The lowest BCUT2D eigenvalue weighted by Crippen LogP contribution is -2.38. The second-order valence-electron chi connectivity index (χ2n) is 6.48. The lowest BCUT2D eigenvalue weighted by Gasteiger charge is -2.24. The van der Waals surface area contributed by atoms with Gasteiger partial charge in [-0.15, -0.1) is 0 Å². The van der Waals surface area contributed by atoms with E-state index in [1.165, 1.54) is 18.2 Å². The van der Waals surface area contributed by atoms with Crippen LogP contribution in [0.2, 0.25) is 10.0 Å². The van der Waals surface area contributed by atoms with E-state index in [1.54, 1.807) is 48.5 Å². The summed E-state index contributed by atoms with van der Waals surface area (Å²) in [5, 5.41) is 3.30. The van der Waals surface area contributed by atoms with Gasteiger partial charge in [-0.3, -0.25) is 9.10 Å². The van der Waals surface area contributed by atoms with Crippen molar-refractivity contribution in [3.63, 3.8) is 0 Å². The maximum atomic E-state index is 13.3. The maximum absolute atomic E-state index is 13.3. The Balaban J connectivity index is 1.93. The quantitative estimate of drug-likeness (QED) is 0.434. The van der Waals surface area contributed by atoms with Gasteiger partial charge >= 0.3 is 0 Å². The first-order valence-electron chi connectivity index (χ1n) is 8.77. The summed E-state index contributed by atoms with van der Waals surface area (Å²) in [6.45, 7) is 1.45. The maximum Gasteiger partial charge on any atom is 0.264 e. The Kier molecular flexibility index (Phi) is 7.08. The number of amides is 1. The van der Waals surface area contributed by atoms with Crippen molar-refractivity contribution in [2.75, 3.05) is 16.2 Å². The number of carbonyl (C=O) groups excluding carboxylic acids is 1. The van der Waals surface area contributed by atoms with E-state index >= 15 is 0 Å². The van der Waals surface area contributed by atoms with Crippen LogP contribution in [0.4, 0.5) is 11.4 Å². The summed E-state index contributed by atoms with van der Waals surface area (Å²) in [6.07, 6.45) is 0. The van der Waals surface area contributed by atoms with Crippen molar-refractivity contribution in [3.8, 4) is 0 Å². The highest BCUT2D eigenvalue weighted by atomic mass is 79.9. The van der Waals surface area contributed by atoms with Crippen molar-refractivity contribution < 1.29 is 13.2 Å². The second-order valence-corrected chi connectivity index (χ2v) is 10.1. The van der Waals surface area contributed by atoms with Gasteiger partial charge in [-0.25, -0.2) is 8.42 Å². The zero-order valence-electron chi connectivity index (χ0n) is 15.8. The van der Waals surface area contributed by atoms with Gasteiger partial charge in [-0.05, 0) is 61.5 Å². The third kappa shape index (κ3) is 5.35. The van der Waals surface area contributed by atoms with Gasteiger partial charge in [-0.2, -0.15) is 0 Å². The molecule has 3 rings (SSSR count). The number of halogens is 3. The van der Waals surface area contributed by atoms with Crippen molar-refractivity contribution >= 4 is 66.4 Å². The van der Waals surface area contributed by atoms with E-state index < -0.39 is 22.5 Å². The van der Waals surface area contributed by atoms with Gasteiger partial charge in [0.2, 0.25) is 5.91 Å². The second kappa shape index (κ2) is 9.39. The largest absolute Gasteiger partial charge is 0.324 e. The number of anilines is 2. The molecule has 156 valence electrons. The van der Waals surface area contributed by atoms with Crippen LogP contribution in [0.5, 0.6) is 0 Å². The fourth-order valence-electron chi connectivity index (χ4n) is 2.66. The molecule has 0 aromatic heterocycles. The lowest BCUT2D eigenvalue weighted by molar-refractivity contribution is -0.114. The predicted octanol–water partition coefficient (Wildman–Crippen LogP) is 5.90. The molecule has 0 spiro atoms. The molecule has 0 saturated heterocycles. The molecule has 0 radical (unpaired) electrons. The Bertz CT molecular complexity index is 1170. The zero-order valence-corrected chi connectivity index (χ0v) is 19.7. The molecule has 0 unspecified atom stereocenters. The summed E-state index contributed by atoms with van der Waals surface area (Å²) >= 11 is 15.2. The molecule has 1 N–H and O–H groups in total. The lowest BCUT2D eigenvalue weighted by atomic mass is 10.2. The minimum atomic E-state index is -3.98. The molecule has 0 atom stereocenters. The van der Waals surface area contributed by atoms with Crippen LogP contribution in [0.3, 0.4) is 0 Å². The molecule has 0 fully saturated rings. The van der Waals surface area contributed by atoms with E-state index in [9.17, 15) is 13.2 Å². The van der Waals surface area contributed by atoms with Gasteiger partial charge in [0.05, 0.1) is 20.6 Å². The number of hydrogen-bond acceptors (Lipinski definition) is 3. The summed E-state index contributed by atoms with van der Waals surface area (Å²) in [4.78, 5) is 12.8. The van der Waals surface area contributed by atoms with Gasteiger partial charge in [0.1, 0.15) is 6.54 Å². The molecule has 3 aromatic carbocycles. The van der Waals surface area contributed by atoms with E-state index in [0.29, 0.717) is 16.4 Å². The summed E-state index contributed by atoms with van der Waals surface area (Å²) in [7, 11) is -3.98. The highest BCUT2D eigenvalue weighted by Crippen LogP contribution is 2.27. The van der Waals surface area contributed by atoms with Crippen molar-refractivity contribution in [3.05, 3.63) is 86.8 Å². The smallest absolute Gasteiger partial charge is 0.264 e. The van der Waals surface area contributed by atoms with E-state index in [1.807, 2.05) is 6.92 Å². The van der Waals surface area contributed by atoms with E-state index in [-0.39, 0.29) is 9.92 Å². The van der Waals surface area contributed by atoms with Crippen LogP contribution in [-0.2, 0) is 14.8 Å². The monoisotopic (exact) mass is 526 g/mol. The number of rotatable bonds is 6. The number of nitrogens with zero attached hydrogens (tertiary/aromatic N) is 1. The Morgan fingerprint density at radius 2 is 1.60 bits per heavy atom. The Hall–Kier alpha value is -2.06. The Morgan fingerprint density at radius 1 is 0.967 bits per heavy atom. The Labute approximate surface area is 193 Å². The molecule has 0 aliphatic heterocycles. The van der Waals surface area contributed by atoms with Crippen molar-refractivity contribution in [2.45, 2.75) is 11.8 Å². The number of hydrogen-bond donors (Lipinski definition) is 1. The summed E-state index contributed by atoms with van der Waals surface area (Å²) in [5.74, 6) is -0.521. The van der Waals surface area contributed by atoms with E-state index in [0.717, 1.165) is 14.3 Å². The van der Waals surface area contributed by atoms with Crippen LogP contribution in [0, 0.1) is 6.92 Å². The molecule has 0 aliphatic rings. The molecule has 0 bridgehead atoms. The van der Waals surface area contributed by atoms with Crippen LogP contribution in [0.1, 0.15) is 5.56 Å². The molecule has 3 aromatic rings. The fraction of sp³-hybridized carbons (Fsp3) is 0.0952. The molecule has 9 heteroatoms. The third-order valence-electron chi connectivity index (χ3n) is 4.21. The molecule has 5 nitrogen and oxygen atoms in total. The molecule has 30 heavy (non-hydrogen) atoms. The van der Waals surface area contributed by atoms with Crippen LogP contribution in [-0.4, -0.2) is 20.9 Å². The summed E-state index contributed by atoms with van der Waals surface area (Å²) < 4.78 is 28.5. The third-order valence-corrected chi connectivity index (χ3v) is 7.27. The normalized spacial score (nSPS) is 11.2. The molecular weight excluding hydrogens is 511 g/mol. The SMILES string of the molecule is Cc1ccc(S(=O)(=O)N(CC(=O)Nc2ccc(Cl)c(Cl)c2)c2ccc(Br)cc2)cc1. The van der Waals surface area contributed by atoms with Gasteiger partial charge in [-0.1, -0.05) is 56.8 Å². The number of benzene rings is 3. The molecule has 1 amide bonds. The van der Waals surface area contributed by atoms with Crippen molar-refractivity contribution in [1.29, 1.82) is 0 Å². The number of sulfonamides is 1. The standard InChI is InChI=1S/C21H17BrCl2N2O3S/c1-14-2-9-18(10-3-14)30(28,29)26(17-7-4-15(22)5-8-17)13-21(27)25-16-6-11-19(23)20(24)12-16/h2-12H,13H2,1H3,(H,25,27). The minimum absolute atomic E-state index is 0.0957. The molecule has 0 aliphatic carbocycles. The van der Waals surface area contributed by atoms with Gasteiger partial charge in [0.25, 0.3) is 10.0 Å². The highest BCUT2D eigenvalue weighted by molar-refractivity contribution is 9.10. The first kappa shape index (κ1) is 22.6. The van der Waals surface area contributed by atoms with Gasteiger partial charge in [0.15, 0.2) is 0 Å². The molecule has 0 heterocycles. The number of carbonyl (C=O) groups is 1. The van der Waals surface area contributed by atoms with Crippen molar-refractivity contribution in [2.24, 2.45) is 0 Å². The van der Waals surface area contributed by atoms with Crippen LogP contribution < -0.4 is 9.62 Å². The summed E-state index contributed by atoms with van der Waals surface area (Å²) in [6, 6.07) is 17.8. The fourth-order valence-corrected chi connectivity index (χ4v) is 4.65. The van der Waals surface area contributed by atoms with Crippen LogP contribution >= 0.6 is 39.1 Å². The van der Waals surface area contributed by atoms with E-state index in [2.05, 4.69) is 21.2 Å². The molecule has 0 saturated carbocycles. The average molecular weight is 528 g/mol. The van der Waals surface area contributed by atoms with Crippen LogP contribution in [0.15, 0.2) is 76.1 Å². The average Bonchev–Trinajstić information content (AvgIpc) is 2.70. The minimum Gasteiger partial charge on any atom is -0.324 e. The number of nitrogens with one attached hydrogen (secondary N) is 1. The van der Waals surface area contributed by atoms with Gasteiger partial charge < -0.3 is 5.32 Å². The number of aryl methyl sites for hydroxylation is 1. The first-order valence-corrected chi connectivity index (χ1v) is 11.8. The zero-order chi connectivity index (χ0) is 21.9. The highest BCUT2D eigenvalue weighted by Gasteiger charge is 2.27. The van der Waals surface area contributed by atoms with Gasteiger partial charge in [0, 0.05) is 10.2 Å². The topological polar surface area (TPSA) is 66.5 Å². The Morgan fingerprint density at radius 3 is 2.20 bits per heavy atom. The van der Waals surface area contributed by atoms with Crippen molar-refractivity contribution in [1.82, 2.24) is 0 Å².